The van der Waals surface area contributed by atoms with Crippen molar-refractivity contribution in [2.75, 3.05) is 26.2 Å². The van der Waals surface area contributed by atoms with Crippen molar-refractivity contribution in [1.29, 1.82) is 10.8 Å². The number of hydrogen-bond acceptors (Lipinski definition) is 6. The molecule has 1 aromatic heterocycles. The van der Waals surface area contributed by atoms with Crippen LogP contribution in [0.5, 0.6) is 0 Å². The van der Waals surface area contributed by atoms with Crippen molar-refractivity contribution in [3.63, 3.8) is 0 Å². The minimum Gasteiger partial charge on any atom is -0.370 e. The fraction of sp³-hybridized carbons (Fsp3) is 0.393. The summed E-state index contributed by atoms with van der Waals surface area (Å²) in [5.74, 6) is -0.504. The van der Waals surface area contributed by atoms with Gasteiger partial charge in [0.15, 0.2) is 17.7 Å². The molecule has 3 aromatic rings. The molecule has 0 bridgehead atoms. The summed E-state index contributed by atoms with van der Waals surface area (Å²) in [4.78, 5) is 42.4. The SMILES string of the molecule is CCCCNC(=N)NC(=N)N.Cl.O=C(c1ccc(F)cc1)C1CCN(CCn2c(=O)[nH]c3ccccc3c2=O)CC1. The lowest BCUT2D eigenvalue weighted by Crippen LogP contribution is -2.43. The second kappa shape index (κ2) is 16.3. The normalized spacial score (nSPS) is 13.4. The molecule has 0 aliphatic carbocycles. The monoisotopic (exact) mass is 588 g/mol. The van der Waals surface area contributed by atoms with Crippen LogP contribution in [0.3, 0.4) is 0 Å². The first-order chi connectivity index (χ1) is 19.2. The van der Waals surface area contributed by atoms with Gasteiger partial charge in [-0.05, 0) is 68.8 Å². The van der Waals surface area contributed by atoms with Crippen LogP contribution in [0.25, 0.3) is 10.9 Å². The molecule has 222 valence electrons. The second-order valence-corrected chi connectivity index (χ2v) is 9.61. The van der Waals surface area contributed by atoms with Gasteiger partial charge < -0.3 is 20.9 Å². The molecule has 0 unspecified atom stereocenters. The molecule has 1 aliphatic heterocycles. The molecule has 0 saturated carbocycles. The summed E-state index contributed by atoms with van der Waals surface area (Å²) in [6, 6.07) is 12.6. The van der Waals surface area contributed by atoms with Crippen LogP contribution in [0.4, 0.5) is 4.39 Å². The van der Waals surface area contributed by atoms with E-state index in [1.807, 2.05) is 0 Å². The Morgan fingerprint density at radius 2 is 1.73 bits per heavy atom. The number of hydrogen-bond donors (Lipinski definition) is 6. The molecular weight excluding hydrogens is 551 g/mol. The number of nitrogens with two attached hydrogens (primary N) is 1. The highest BCUT2D eigenvalue weighted by Crippen LogP contribution is 2.22. The number of guanidine groups is 2. The van der Waals surface area contributed by atoms with E-state index in [-0.39, 0.29) is 47.4 Å². The average molecular weight is 589 g/mol. The number of aromatic amines is 1. The molecule has 7 N–H and O–H groups in total. The van der Waals surface area contributed by atoms with Crippen molar-refractivity contribution < 1.29 is 9.18 Å². The Morgan fingerprint density at radius 1 is 1.07 bits per heavy atom. The fourth-order valence-corrected chi connectivity index (χ4v) is 4.48. The van der Waals surface area contributed by atoms with Crippen LogP contribution in [0.2, 0.25) is 0 Å². The van der Waals surface area contributed by atoms with E-state index in [1.54, 1.807) is 24.3 Å². The van der Waals surface area contributed by atoms with Crippen molar-refractivity contribution in [2.45, 2.75) is 39.2 Å². The van der Waals surface area contributed by atoms with Gasteiger partial charge in [-0.2, -0.15) is 0 Å². The molecule has 1 aliphatic rings. The van der Waals surface area contributed by atoms with Gasteiger partial charge in [-0.15, -0.1) is 12.4 Å². The summed E-state index contributed by atoms with van der Waals surface area (Å²) in [6.07, 6.45) is 3.51. The number of benzene rings is 2. The van der Waals surface area contributed by atoms with Gasteiger partial charge in [0.1, 0.15) is 5.82 Å². The van der Waals surface area contributed by atoms with Crippen LogP contribution in [-0.4, -0.2) is 58.3 Å². The summed E-state index contributed by atoms with van der Waals surface area (Å²) in [7, 11) is 0. The highest BCUT2D eigenvalue weighted by Gasteiger charge is 2.25. The van der Waals surface area contributed by atoms with Crippen LogP contribution < -0.4 is 27.6 Å². The van der Waals surface area contributed by atoms with Crippen LogP contribution in [0, 0.1) is 22.6 Å². The van der Waals surface area contributed by atoms with Crippen molar-refractivity contribution in [3.05, 3.63) is 80.7 Å². The number of likely N-dealkylation sites (tertiary alicyclic amines) is 1. The molecule has 13 heteroatoms. The first-order valence-corrected chi connectivity index (χ1v) is 13.4. The van der Waals surface area contributed by atoms with Gasteiger partial charge in [0.2, 0.25) is 0 Å². The number of carbonyl (C=O) groups excluding carboxylic acids is 1. The van der Waals surface area contributed by atoms with E-state index in [0.29, 0.717) is 42.4 Å². The number of nitrogens with one attached hydrogen (secondary N) is 5. The maximum absolute atomic E-state index is 13.0. The number of carbonyl (C=O) groups is 1. The van der Waals surface area contributed by atoms with Crippen LogP contribution in [0.15, 0.2) is 58.1 Å². The first-order valence-electron chi connectivity index (χ1n) is 13.4. The number of ketones is 1. The third-order valence-corrected chi connectivity index (χ3v) is 6.71. The summed E-state index contributed by atoms with van der Waals surface area (Å²) in [6.45, 7) is 5.13. The molecule has 0 amide bonds. The van der Waals surface area contributed by atoms with E-state index < -0.39 is 5.69 Å². The molecule has 1 fully saturated rings. The van der Waals surface area contributed by atoms with E-state index in [4.69, 9.17) is 16.6 Å². The average Bonchev–Trinajstić information content (AvgIpc) is 2.93. The van der Waals surface area contributed by atoms with E-state index in [2.05, 4.69) is 27.4 Å². The molecule has 0 radical (unpaired) electrons. The highest BCUT2D eigenvalue weighted by atomic mass is 35.5. The number of nitrogens with zero attached hydrogens (tertiary/aromatic N) is 2. The lowest BCUT2D eigenvalue weighted by Gasteiger charge is -2.31. The van der Waals surface area contributed by atoms with Gasteiger partial charge in [0.05, 0.1) is 10.9 Å². The topological polar surface area (TPSA) is 173 Å². The Bertz CT molecular complexity index is 1430. The lowest BCUT2D eigenvalue weighted by atomic mass is 9.89. The van der Waals surface area contributed by atoms with Crippen molar-refractivity contribution >= 4 is 41.0 Å². The minimum absolute atomic E-state index is 0. The minimum atomic E-state index is -0.407. The maximum atomic E-state index is 13.0. The summed E-state index contributed by atoms with van der Waals surface area (Å²) in [5, 5.41) is 19.5. The first kappa shape index (κ1) is 33.2. The Hall–Kier alpha value is -4.03. The number of unbranched alkanes of at least 4 members (excludes halogenated alkanes) is 1. The van der Waals surface area contributed by atoms with Gasteiger partial charge in [0, 0.05) is 31.1 Å². The number of piperidine rings is 1. The molecule has 2 aromatic carbocycles. The molecule has 11 nitrogen and oxygen atoms in total. The van der Waals surface area contributed by atoms with E-state index >= 15 is 0 Å². The number of fused-ring (bicyclic) bond motifs is 1. The lowest BCUT2D eigenvalue weighted by molar-refractivity contribution is 0.0837. The van der Waals surface area contributed by atoms with Gasteiger partial charge >= 0.3 is 5.69 Å². The van der Waals surface area contributed by atoms with Gasteiger partial charge in [-0.3, -0.25) is 30.3 Å². The predicted molar refractivity (Wildman–Crippen MR) is 162 cm³/mol. The standard InChI is InChI=1S/C22H22FN3O3.C6H15N5.ClH/c23-17-7-5-15(6-8-17)20(27)16-9-11-25(12-10-16)13-14-26-21(28)18-3-1-2-4-19(18)24-22(26)29;1-2-3-4-10-6(9)11-5(7)8;/h1-8,16H,9-14H2,(H,24,29);2-4H2,1H3,(H6,7,8,9,10,11);1H. The summed E-state index contributed by atoms with van der Waals surface area (Å²) in [5.41, 5.74) is 5.38. The third-order valence-electron chi connectivity index (χ3n) is 6.71. The molecule has 2 heterocycles. The Labute approximate surface area is 243 Å². The van der Waals surface area contributed by atoms with Crippen molar-refractivity contribution in [1.82, 2.24) is 25.1 Å². The predicted octanol–water partition coefficient (Wildman–Crippen LogP) is 2.64. The highest BCUT2D eigenvalue weighted by molar-refractivity contribution is 5.98. The van der Waals surface area contributed by atoms with Crippen LogP contribution in [-0.2, 0) is 6.54 Å². The van der Waals surface area contributed by atoms with E-state index in [9.17, 15) is 18.8 Å². The number of rotatable bonds is 8. The van der Waals surface area contributed by atoms with E-state index in [0.717, 1.165) is 32.5 Å². The van der Waals surface area contributed by atoms with E-state index in [1.165, 1.54) is 28.8 Å². The maximum Gasteiger partial charge on any atom is 0.328 e. The molecule has 1 saturated heterocycles. The molecule has 4 rings (SSSR count). The zero-order chi connectivity index (χ0) is 29.1. The Morgan fingerprint density at radius 3 is 2.37 bits per heavy atom. The Balaban J connectivity index is 0.000000420. The number of halogens is 2. The van der Waals surface area contributed by atoms with Gasteiger partial charge in [-0.25, -0.2) is 9.18 Å². The Kier molecular flexibility index (Phi) is 13.2. The number of aromatic nitrogens is 2. The summed E-state index contributed by atoms with van der Waals surface area (Å²) >= 11 is 0. The quantitative estimate of drug-likeness (QED) is 0.101. The second-order valence-electron chi connectivity index (χ2n) is 9.61. The molecule has 41 heavy (non-hydrogen) atoms. The zero-order valence-electron chi connectivity index (χ0n) is 23.0. The smallest absolute Gasteiger partial charge is 0.328 e. The largest absolute Gasteiger partial charge is 0.370 e. The molecule has 0 atom stereocenters. The fourth-order valence-electron chi connectivity index (χ4n) is 4.48. The van der Waals surface area contributed by atoms with Crippen LogP contribution >= 0.6 is 12.4 Å². The number of Topliss-reactive ketones (excluding diaryl/α,β-unsaturated/α-hetero) is 1. The number of H-pyrrole nitrogens is 1. The zero-order valence-corrected chi connectivity index (χ0v) is 23.9. The van der Waals surface area contributed by atoms with Crippen molar-refractivity contribution in [3.8, 4) is 0 Å². The van der Waals surface area contributed by atoms with Crippen LogP contribution in [0.1, 0.15) is 43.0 Å². The number of para-hydroxylation sites is 1. The summed E-state index contributed by atoms with van der Waals surface area (Å²) < 4.78 is 14.3. The van der Waals surface area contributed by atoms with Gasteiger partial charge in [0.25, 0.3) is 5.56 Å². The van der Waals surface area contributed by atoms with Crippen molar-refractivity contribution in [2.24, 2.45) is 11.7 Å². The molecular formula is C28H38ClFN8O3. The third kappa shape index (κ3) is 9.83. The van der Waals surface area contributed by atoms with Gasteiger partial charge in [-0.1, -0.05) is 25.5 Å². The molecule has 0 spiro atoms.